The molecule has 1 aromatic carbocycles. The molecule has 0 spiro atoms. The van der Waals surface area contributed by atoms with Crippen molar-refractivity contribution in [2.45, 2.75) is 13.8 Å². The number of pyridine rings is 1. The summed E-state index contributed by atoms with van der Waals surface area (Å²) in [7, 11) is 0. The topological polar surface area (TPSA) is 34.4 Å². The van der Waals surface area contributed by atoms with E-state index >= 15 is 0 Å². The van der Waals surface area contributed by atoms with Crippen LogP contribution in [0.4, 0.5) is 4.39 Å². The Morgan fingerprint density at radius 1 is 1.23 bits per heavy atom. The predicted molar refractivity (Wildman–Crippen MR) is 89.0 cm³/mol. The van der Waals surface area contributed by atoms with Gasteiger partial charge >= 0.3 is 0 Å². The molecule has 0 atom stereocenters. The molecule has 6 heteroatoms. The van der Waals surface area contributed by atoms with Crippen LogP contribution >= 0.6 is 27.5 Å². The van der Waals surface area contributed by atoms with Gasteiger partial charge in [0.2, 0.25) is 0 Å². The molecule has 0 saturated heterocycles. The summed E-state index contributed by atoms with van der Waals surface area (Å²) in [4.78, 5) is 16.7. The Bertz CT molecular complexity index is 968. The van der Waals surface area contributed by atoms with E-state index in [1.807, 2.05) is 13.8 Å². The monoisotopic (exact) mass is 380 g/mol. The molecule has 0 aliphatic heterocycles. The third kappa shape index (κ3) is 2.44. The average Bonchev–Trinajstić information content (AvgIpc) is 2.46. The van der Waals surface area contributed by atoms with E-state index in [1.54, 1.807) is 24.4 Å². The van der Waals surface area contributed by atoms with Crippen LogP contribution in [-0.2, 0) is 0 Å². The van der Waals surface area contributed by atoms with Gasteiger partial charge in [0.05, 0.1) is 4.47 Å². The van der Waals surface area contributed by atoms with Crippen LogP contribution in [0.25, 0.3) is 16.8 Å². The van der Waals surface area contributed by atoms with Crippen LogP contribution < -0.4 is 5.56 Å². The van der Waals surface area contributed by atoms with E-state index in [0.717, 1.165) is 11.3 Å². The second kappa shape index (κ2) is 5.48. The smallest absolute Gasteiger partial charge is 0.268 e. The molecule has 2 heterocycles. The fourth-order valence-electron chi connectivity index (χ4n) is 2.27. The number of nitrogens with zero attached hydrogens (tertiary/aromatic N) is 2. The lowest BCUT2D eigenvalue weighted by Gasteiger charge is -2.11. The SMILES string of the molecule is Cc1cn2c(=O)c(Br)cc(-c3ccc(Cl)cc3F)c2nc1C. The number of halogens is 3. The highest BCUT2D eigenvalue weighted by Gasteiger charge is 2.15. The van der Waals surface area contributed by atoms with Gasteiger partial charge in [-0.15, -0.1) is 0 Å². The number of aromatic nitrogens is 2. The first-order chi connectivity index (χ1) is 10.4. The van der Waals surface area contributed by atoms with Crippen molar-refractivity contribution in [2.75, 3.05) is 0 Å². The van der Waals surface area contributed by atoms with E-state index in [0.29, 0.717) is 26.3 Å². The summed E-state index contributed by atoms with van der Waals surface area (Å²) in [6.07, 6.45) is 1.71. The number of hydrogen-bond donors (Lipinski definition) is 0. The number of fused-ring (bicyclic) bond motifs is 1. The van der Waals surface area contributed by atoms with E-state index in [1.165, 1.54) is 10.5 Å². The first-order valence-electron chi connectivity index (χ1n) is 6.53. The molecular weight excluding hydrogens is 371 g/mol. The van der Waals surface area contributed by atoms with Crippen molar-refractivity contribution >= 4 is 33.2 Å². The zero-order chi connectivity index (χ0) is 16.0. The molecule has 0 aliphatic rings. The average molecular weight is 382 g/mol. The molecule has 3 rings (SSSR count). The van der Waals surface area contributed by atoms with Crippen LogP contribution in [0.2, 0.25) is 5.02 Å². The lowest BCUT2D eigenvalue weighted by atomic mass is 10.1. The molecule has 0 unspecified atom stereocenters. The summed E-state index contributed by atoms with van der Waals surface area (Å²) in [6, 6.07) is 6.02. The lowest BCUT2D eigenvalue weighted by Crippen LogP contribution is -2.17. The van der Waals surface area contributed by atoms with E-state index < -0.39 is 5.82 Å². The van der Waals surface area contributed by atoms with Gasteiger partial charge in [0.15, 0.2) is 0 Å². The van der Waals surface area contributed by atoms with E-state index in [4.69, 9.17) is 11.6 Å². The van der Waals surface area contributed by atoms with Gasteiger partial charge < -0.3 is 0 Å². The van der Waals surface area contributed by atoms with Gasteiger partial charge in [0.25, 0.3) is 5.56 Å². The fourth-order valence-corrected chi connectivity index (χ4v) is 2.85. The Balaban J connectivity index is 2.46. The predicted octanol–water partition coefficient (Wildman–Crippen LogP) is 4.53. The summed E-state index contributed by atoms with van der Waals surface area (Å²) in [5.74, 6) is -0.458. The van der Waals surface area contributed by atoms with Crippen LogP contribution in [0.15, 0.2) is 39.7 Å². The summed E-state index contributed by atoms with van der Waals surface area (Å²) in [5, 5.41) is 0.317. The van der Waals surface area contributed by atoms with E-state index in [9.17, 15) is 9.18 Å². The van der Waals surface area contributed by atoms with Crippen molar-refractivity contribution < 1.29 is 4.39 Å². The Kier molecular flexibility index (Phi) is 3.78. The van der Waals surface area contributed by atoms with Crippen LogP contribution in [0.3, 0.4) is 0 Å². The van der Waals surface area contributed by atoms with Crippen LogP contribution in [-0.4, -0.2) is 9.38 Å². The normalized spacial score (nSPS) is 11.1. The standard InChI is InChI=1S/C16H11BrClFN2O/c1-8-7-21-15(20-9(8)2)12(6-13(17)16(21)22)11-4-3-10(18)5-14(11)19/h3-7H,1-2H3. The first kappa shape index (κ1) is 15.2. The van der Waals surface area contributed by atoms with Gasteiger partial charge in [-0.1, -0.05) is 11.6 Å². The third-order valence-electron chi connectivity index (χ3n) is 3.55. The first-order valence-corrected chi connectivity index (χ1v) is 7.70. The van der Waals surface area contributed by atoms with Gasteiger partial charge in [-0.25, -0.2) is 9.37 Å². The molecule has 0 radical (unpaired) electrons. The van der Waals surface area contributed by atoms with Crippen molar-refractivity contribution in [1.29, 1.82) is 0 Å². The molecule has 0 amide bonds. The lowest BCUT2D eigenvalue weighted by molar-refractivity contribution is 0.631. The summed E-state index contributed by atoms with van der Waals surface area (Å²) >= 11 is 9.04. The maximum absolute atomic E-state index is 14.3. The van der Waals surface area contributed by atoms with Crippen LogP contribution in [0.1, 0.15) is 11.3 Å². The highest BCUT2D eigenvalue weighted by Crippen LogP contribution is 2.29. The van der Waals surface area contributed by atoms with Crippen LogP contribution in [0.5, 0.6) is 0 Å². The van der Waals surface area contributed by atoms with Gasteiger partial charge in [-0.2, -0.15) is 0 Å². The van der Waals surface area contributed by atoms with E-state index in [-0.39, 0.29) is 5.56 Å². The van der Waals surface area contributed by atoms with Gasteiger partial charge in [0, 0.05) is 28.0 Å². The van der Waals surface area contributed by atoms with Crippen molar-refractivity contribution in [3.8, 4) is 11.1 Å². The molecule has 112 valence electrons. The van der Waals surface area contributed by atoms with Crippen molar-refractivity contribution in [2.24, 2.45) is 0 Å². The molecule has 0 fully saturated rings. The summed E-state index contributed by atoms with van der Waals surface area (Å²) in [6.45, 7) is 3.72. The zero-order valence-corrected chi connectivity index (χ0v) is 14.2. The highest BCUT2D eigenvalue weighted by molar-refractivity contribution is 9.10. The Morgan fingerprint density at radius 3 is 2.64 bits per heavy atom. The van der Waals surface area contributed by atoms with Crippen molar-refractivity contribution in [1.82, 2.24) is 9.38 Å². The maximum Gasteiger partial charge on any atom is 0.270 e. The molecule has 0 aliphatic carbocycles. The quantitative estimate of drug-likeness (QED) is 0.620. The van der Waals surface area contributed by atoms with Crippen molar-refractivity contribution in [3.05, 3.63) is 67.4 Å². The van der Waals surface area contributed by atoms with E-state index in [2.05, 4.69) is 20.9 Å². The highest BCUT2D eigenvalue weighted by atomic mass is 79.9. The number of hydrogen-bond acceptors (Lipinski definition) is 2. The maximum atomic E-state index is 14.3. The fraction of sp³-hybridized carbons (Fsp3) is 0.125. The Labute approximate surface area is 139 Å². The van der Waals surface area contributed by atoms with Gasteiger partial charge in [0.1, 0.15) is 11.5 Å². The molecule has 2 aromatic heterocycles. The zero-order valence-electron chi connectivity index (χ0n) is 11.8. The Hall–Kier alpha value is -1.72. The second-order valence-electron chi connectivity index (χ2n) is 5.04. The minimum Gasteiger partial charge on any atom is -0.268 e. The van der Waals surface area contributed by atoms with Gasteiger partial charge in [-0.3, -0.25) is 9.20 Å². The molecule has 0 bridgehead atoms. The molecule has 0 saturated carbocycles. The Morgan fingerprint density at radius 2 is 1.95 bits per heavy atom. The minimum atomic E-state index is -0.458. The largest absolute Gasteiger partial charge is 0.270 e. The molecule has 3 aromatic rings. The summed E-state index contributed by atoms with van der Waals surface area (Å²) in [5.41, 5.74) is 2.73. The number of aryl methyl sites for hydroxylation is 2. The second-order valence-corrected chi connectivity index (χ2v) is 6.33. The molecule has 22 heavy (non-hydrogen) atoms. The summed E-state index contributed by atoms with van der Waals surface area (Å²) < 4.78 is 16.0. The van der Waals surface area contributed by atoms with Gasteiger partial charge in [-0.05, 0) is 59.6 Å². The van der Waals surface area contributed by atoms with Crippen LogP contribution in [0, 0.1) is 19.7 Å². The van der Waals surface area contributed by atoms with Crippen molar-refractivity contribution in [3.63, 3.8) is 0 Å². The molecule has 3 nitrogen and oxygen atoms in total. The molecule has 0 N–H and O–H groups in total. The number of rotatable bonds is 1. The number of benzene rings is 1. The minimum absolute atomic E-state index is 0.233. The third-order valence-corrected chi connectivity index (χ3v) is 4.35. The molecular formula is C16H11BrClFN2O.